The summed E-state index contributed by atoms with van der Waals surface area (Å²) in [4.78, 5) is 23.8. The number of rotatable bonds is 8. The summed E-state index contributed by atoms with van der Waals surface area (Å²) in [6.07, 6.45) is 0.406. The van der Waals surface area contributed by atoms with Crippen LogP contribution in [-0.4, -0.2) is 32.6 Å². The zero-order valence-electron chi connectivity index (χ0n) is 16.0. The van der Waals surface area contributed by atoms with Crippen molar-refractivity contribution in [3.05, 3.63) is 42.0 Å². The first-order chi connectivity index (χ1) is 12.9. The summed E-state index contributed by atoms with van der Waals surface area (Å²) >= 11 is 0. The van der Waals surface area contributed by atoms with Crippen molar-refractivity contribution in [1.82, 2.24) is 0 Å². The molecule has 0 saturated carbocycles. The van der Waals surface area contributed by atoms with E-state index in [1.807, 2.05) is 25.1 Å². The lowest BCUT2D eigenvalue weighted by atomic mass is 10.1. The van der Waals surface area contributed by atoms with Crippen molar-refractivity contribution in [1.29, 1.82) is 0 Å². The Bertz CT molecular complexity index is 799. The monoisotopic (exact) mass is 371 g/mol. The average Bonchev–Trinajstić information content (AvgIpc) is 2.67. The number of aryl methyl sites for hydroxylation is 1. The Morgan fingerprint density at radius 2 is 1.52 bits per heavy atom. The molecule has 144 valence electrons. The topological polar surface area (TPSA) is 88.7 Å². The number of nitrogens with one attached hydrogen (secondary N) is 3. The van der Waals surface area contributed by atoms with Crippen LogP contribution in [0.5, 0.6) is 11.5 Å². The maximum Gasteiger partial charge on any atom is 0.243 e. The van der Waals surface area contributed by atoms with Gasteiger partial charge in [0.2, 0.25) is 11.8 Å². The molecule has 0 bridgehead atoms. The van der Waals surface area contributed by atoms with Crippen molar-refractivity contribution < 1.29 is 19.1 Å². The summed E-state index contributed by atoms with van der Waals surface area (Å²) in [5.41, 5.74) is 3.02. The highest BCUT2D eigenvalue weighted by molar-refractivity contribution is 5.95. The minimum atomic E-state index is -0.215. The Hall–Kier alpha value is -3.22. The number of hydrogen-bond acceptors (Lipinski definition) is 5. The van der Waals surface area contributed by atoms with E-state index in [2.05, 4.69) is 16.0 Å². The third-order valence-electron chi connectivity index (χ3n) is 3.92. The van der Waals surface area contributed by atoms with Crippen LogP contribution in [0.15, 0.2) is 36.4 Å². The number of anilines is 3. The molecular weight excluding hydrogens is 346 g/mol. The van der Waals surface area contributed by atoms with Crippen LogP contribution in [0.1, 0.15) is 18.9 Å². The van der Waals surface area contributed by atoms with E-state index in [4.69, 9.17) is 9.47 Å². The second kappa shape index (κ2) is 9.47. The molecule has 0 aliphatic heterocycles. The number of ether oxygens (including phenoxy) is 2. The van der Waals surface area contributed by atoms with Gasteiger partial charge in [-0.1, -0.05) is 13.0 Å². The summed E-state index contributed by atoms with van der Waals surface area (Å²) < 4.78 is 10.4. The molecular formula is C20H25N3O4. The van der Waals surface area contributed by atoms with E-state index >= 15 is 0 Å². The fraction of sp³-hybridized carbons (Fsp3) is 0.300. The fourth-order valence-electron chi connectivity index (χ4n) is 2.40. The summed E-state index contributed by atoms with van der Waals surface area (Å²) in [6.45, 7) is 3.80. The summed E-state index contributed by atoms with van der Waals surface area (Å²) in [6, 6.07) is 10.7. The number of benzene rings is 2. The van der Waals surface area contributed by atoms with Crippen LogP contribution in [0.2, 0.25) is 0 Å². The first-order valence-corrected chi connectivity index (χ1v) is 8.62. The second-order valence-electron chi connectivity index (χ2n) is 5.93. The van der Waals surface area contributed by atoms with E-state index in [9.17, 15) is 9.59 Å². The molecule has 2 aromatic carbocycles. The third-order valence-corrected chi connectivity index (χ3v) is 3.92. The molecule has 0 aliphatic rings. The first kappa shape index (κ1) is 20.1. The van der Waals surface area contributed by atoms with Crippen molar-refractivity contribution >= 4 is 28.9 Å². The molecule has 2 rings (SSSR count). The van der Waals surface area contributed by atoms with Gasteiger partial charge in [-0.15, -0.1) is 0 Å². The Labute approximate surface area is 159 Å². The van der Waals surface area contributed by atoms with Gasteiger partial charge in [0.1, 0.15) is 11.5 Å². The highest BCUT2D eigenvalue weighted by atomic mass is 16.5. The highest BCUT2D eigenvalue weighted by Crippen LogP contribution is 2.26. The maximum absolute atomic E-state index is 12.3. The highest BCUT2D eigenvalue weighted by Gasteiger charge is 2.08. The molecule has 7 heteroatoms. The predicted octanol–water partition coefficient (Wildman–Crippen LogP) is 3.41. The van der Waals surface area contributed by atoms with Crippen LogP contribution < -0.4 is 25.4 Å². The smallest absolute Gasteiger partial charge is 0.243 e. The number of carbonyl (C=O) groups is 2. The zero-order valence-corrected chi connectivity index (χ0v) is 16.0. The van der Waals surface area contributed by atoms with E-state index in [1.165, 1.54) is 0 Å². The summed E-state index contributed by atoms with van der Waals surface area (Å²) in [5, 5.41) is 8.71. The molecule has 0 fully saturated rings. The van der Waals surface area contributed by atoms with Crippen LogP contribution in [0.4, 0.5) is 17.1 Å². The van der Waals surface area contributed by atoms with Gasteiger partial charge in [0.15, 0.2) is 0 Å². The van der Waals surface area contributed by atoms with Gasteiger partial charge in [-0.25, -0.2) is 0 Å². The molecule has 0 saturated heterocycles. The van der Waals surface area contributed by atoms with Gasteiger partial charge in [0.25, 0.3) is 0 Å². The normalized spacial score (nSPS) is 10.1. The van der Waals surface area contributed by atoms with Crippen LogP contribution in [-0.2, 0) is 9.59 Å². The van der Waals surface area contributed by atoms with E-state index in [0.717, 1.165) is 11.3 Å². The van der Waals surface area contributed by atoms with Gasteiger partial charge in [0, 0.05) is 41.7 Å². The molecule has 0 aromatic heterocycles. The van der Waals surface area contributed by atoms with Gasteiger partial charge in [-0.2, -0.15) is 0 Å². The van der Waals surface area contributed by atoms with E-state index < -0.39 is 0 Å². The molecule has 0 unspecified atom stereocenters. The zero-order chi connectivity index (χ0) is 19.8. The van der Waals surface area contributed by atoms with Crippen LogP contribution >= 0.6 is 0 Å². The summed E-state index contributed by atoms with van der Waals surface area (Å²) in [7, 11) is 3.10. The van der Waals surface area contributed by atoms with E-state index in [0.29, 0.717) is 29.3 Å². The molecule has 0 aliphatic carbocycles. The molecule has 7 nitrogen and oxygen atoms in total. The Balaban J connectivity index is 2.01. The van der Waals surface area contributed by atoms with Crippen molar-refractivity contribution in [3.63, 3.8) is 0 Å². The molecule has 0 heterocycles. The van der Waals surface area contributed by atoms with Crippen molar-refractivity contribution in [2.45, 2.75) is 20.3 Å². The van der Waals surface area contributed by atoms with Crippen molar-refractivity contribution in [3.8, 4) is 11.5 Å². The van der Waals surface area contributed by atoms with Crippen LogP contribution in [0.25, 0.3) is 0 Å². The minimum absolute atomic E-state index is 0.0606. The lowest BCUT2D eigenvalue weighted by Crippen LogP contribution is -2.22. The lowest BCUT2D eigenvalue weighted by molar-refractivity contribution is -0.116. The summed E-state index contributed by atoms with van der Waals surface area (Å²) in [5.74, 6) is 0.905. The quantitative estimate of drug-likeness (QED) is 0.662. The molecule has 3 N–H and O–H groups in total. The predicted molar refractivity (Wildman–Crippen MR) is 107 cm³/mol. The molecule has 0 atom stereocenters. The number of carbonyl (C=O) groups excluding carboxylic acids is 2. The average molecular weight is 371 g/mol. The van der Waals surface area contributed by atoms with E-state index in [1.54, 1.807) is 39.3 Å². The SMILES string of the molecule is CCC(=O)Nc1ccc(C)c(NCC(=O)Nc2cc(OC)cc(OC)c2)c1. The molecule has 27 heavy (non-hydrogen) atoms. The molecule has 0 radical (unpaired) electrons. The van der Waals surface area contributed by atoms with Gasteiger partial charge in [0.05, 0.1) is 20.8 Å². The largest absolute Gasteiger partial charge is 0.497 e. The van der Waals surface area contributed by atoms with Gasteiger partial charge < -0.3 is 25.4 Å². The molecule has 2 amide bonds. The second-order valence-corrected chi connectivity index (χ2v) is 5.93. The van der Waals surface area contributed by atoms with E-state index in [-0.39, 0.29) is 18.4 Å². The van der Waals surface area contributed by atoms with Gasteiger partial charge in [-0.05, 0) is 24.6 Å². The third kappa shape index (κ3) is 5.91. The van der Waals surface area contributed by atoms with Crippen LogP contribution in [0, 0.1) is 6.92 Å². The van der Waals surface area contributed by atoms with Gasteiger partial charge in [-0.3, -0.25) is 9.59 Å². The van der Waals surface area contributed by atoms with Crippen molar-refractivity contribution in [2.75, 3.05) is 36.7 Å². The van der Waals surface area contributed by atoms with Gasteiger partial charge >= 0.3 is 0 Å². The molecule has 0 spiro atoms. The Morgan fingerprint density at radius 1 is 0.889 bits per heavy atom. The minimum Gasteiger partial charge on any atom is -0.497 e. The number of hydrogen-bond donors (Lipinski definition) is 3. The number of amides is 2. The maximum atomic E-state index is 12.3. The first-order valence-electron chi connectivity index (χ1n) is 8.62. The number of methoxy groups -OCH3 is 2. The molecule has 2 aromatic rings. The van der Waals surface area contributed by atoms with Crippen molar-refractivity contribution in [2.24, 2.45) is 0 Å². The standard InChI is InChI=1S/C20H25N3O4/c1-5-19(24)22-14-7-6-13(2)18(10-14)21-12-20(25)23-15-8-16(26-3)11-17(9-15)27-4/h6-11,21H,5,12H2,1-4H3,(H,22,24)(H,23,25). The Morgan fingerprint density at radius 3 is 2.11 bits per heavy atom. The fourth-order valence-corrected chi connectivity index (χ4v) is 2.40. The van der Waals surface area contributed by atoms with Crippen LogP contribution in [0.3, 0.4) is 0 Å². The lowest BCUT2D eigenvalue weighted by Gasteiger charge is -2.13. The Kier molecular flexibility index (Phi) is 7.05.